The van der Waals surface area contributed by atoms with Gasteiger partial charge >= 0.3 is 0 Å². The molecule has 0 heterocycles. The number of nitriles is 1. The van der Waals surface area contributed by atoms with Crippen LogP contribution in [0.15, 0.2) is 72.3 Å². The van der Waals surface area contributed by atoms with Gasteiger partial charge in [-0.15, -0.1) is 0 Å². The van der Waals surface area contributed by atoms with E-state index in [1.165, 1.54) is 11.6 Å². The molecule has 0 aliphatic rings. The summed E-state index contributed by atoms with van der Waals surface area (Å²) >= 11 is 6.16. The van der Waals surface area contributed by atoms with Crippen LogP contribution in [0.1, 0.15) is 42.9 Å². The fourth-order valence-electron chi connectivity index (χ4n) is 3.34. The zero-order chi connectivity index (χ0) is 25.2. The molecule has 6 heteroatoms. The van der Waals surface area contributed by atoms with Gasteiger partial charge in [0.2, 0.25) is 0 Å². The number of ether oxygens (including phenoxy) is 2. The molecule has 0 saturated carbocycles. The number of aryl methyl sites for hydroxylation is 1. The van der Waals surface area contributed by atoms with E-state index < -0.39 is 5.91 Å². The van der Waals surface area contributed by atoms with Crippen LogP contribution < -0.4 is 14.8 Å². The summed E-state index contributed by atoms with van der Waals surface area (Å²) in [6.07, 6.45) is 2.56. The molecule has 35 heavy (non-hydrogen) atoms. The van der Waals surface area contributed by atoms with E-state index in [0.29, 0.717) is 34.5 Å². The first-order chi connectivity index (χ1) is 16.9. The van der Waals surface area contributed by atoms with Gasteiger partial charge in [-0.25, -0.2) is 0 Å². The molecule has 3 aromatic carbocycles. The average molecular weight is 489 g/mol. The van der Waals surface area contributed by atoms with E-state index in [-0.39, 0.29) is 12.2 Å². The van der Waals surface area contributed by atoms with Crippen molar-refractivity contribution in [3.63, 3.8) is 0 Å². The standard InChI is InChI=1S/C29H29ClN2O3/c1-4-21(3)22-7-12-27(13-8-22)34-15-16-35-28-14-9-25(30)18-23(28)17-24(19-31)29(33)32-26-10-5-20(2)6-11-26/h5-14,17-18,21H,4,15-16H2,1-3H3,(H,32,33)/b24-17+. The van der Waals surface area contributed by atoms with Crippen molar-refractivity contribution >= 4 is 29.3 Å². The fraction of sp³-hybridized carbons (Fsp3) is 0.241. The molecular weight excluding hydrogens is 460 g/mol. The zero-order valence-corrected chi connectivity index (χ0v) is 20.9. The molecule has 1 unspecified atom stereocenters. The zero-order valence-electron chi connectivity index (χ0n) is 20.2. The maximum Gasteiger partial charge on any atom is 0.266 e. The molecule has 0 aliphatic carbocycles. The lowest BCUT2D eigenvalue weighted by molar-refractivity contribution is -0.112. The molecule has 0 saturated heterocycles. The molecule has 0 bridgehead atoms. The number of rotatable bonds is 10. The summed E-state index contributed by atoms with van der Waals surface area (Å²) < 4.78 is 11.7. The number of nitrogens with one attached hydrogen (secondary N) is 1. The Morgan fingerprint density at radius 1 is 1.06 bits per heavy atom. The van der Waals surface area contributed by atoms with Gasteiger partial charge in [-0.3, -0.25) is 4.79 Å². The van der Waals surface area contributed by atoms with Crippen LogP contribution in [0.5, 0.6) is 11.5 Å². The van der Waals surface area contributed by atoms with Gasteiger partial charge in [-0.2, -0.15) is 5.26 Å². The minimum atomic E-state index is -0.508. The highest BCUT2D eigenvalue weighted by molar-refractivity contribution is 6.30. The first kappa shape index (κ1) is 25.9. The summed E-state index contributed by atoms with van der Waals surface area (Å²) in [6.45, 7) is 6.95. The van der Waals surface area contributed by atoms with Crippen LogP contribution in [-0.4, -0.2) is 19.1 Å². The van der Waals surface area contributed by atoms with Gasteiger partial charge in [0, 0.05) is 16.3 Å². The number of hydrogen-bond acceptors (Lipinski definition) is 4. The van der Waals surface area contributed by atoms with Gasteiger partial charge in [0.05, 0.1) is 0 Å². The van der Waals surface area contributed by atoms with Crippen LogP contribution in [0, 0.1) is 18.3 Å². The van der Waals surface area contributed by atoms with Gasteiger partial charge in [0.15, 0.2) is 0 Å². The molecule has 0 fully saturated rings. The highest BCUT2D eigenvalue weighted by Crippen LogP contribution is 2.26. The molecule has 0 aliphatic heterocycles. The van der Waals surface area contributed by atoms with Crippen LogP contribution in [-0.2, 0) is 4.79 Å². The predicted molar refractivity (Wildman–Crippen MR) is 141 cm³/mol. The van der Waals surface area contributed by atoms with Crippen molar-refractivity contribution in [2.24, 2.45) is 0 Å². The van der Waals surface area contributed by atoms with Crippen LogP contribution in [0.2, 0.25) is 5.02 Å². The van der Waals surface area contributed by atoms with Crippen molar-refractivity contribution in [3.8, 4) is 17.6 Å². The predicted octanol–water partition coefficient (Wildman–Crippen LogP) is 7.17. The Morgan fingerprint density at radius 2 is 1.74 bits per heavy atom. The summed E-state index contributed by atoms with van der Waals surface area (Å²) in [6, 6.07) is 22.4. The molecular formula is C29H29ClN2O3. The molecule has 0 spiro atoms. The first-order valence-electron chi connectivity index (χ1n) is 11.5. The highest BCUT2D eigenvalue weighted by Gasteiger charge is 2.12. The van der Waals surface area contributed by atoms with Crippen LogP contribution in [0.4, 0.5) is 5.69 Å². The number of carbonyl (C=O) groups is 1. The van der Waals surface area contributed by atoms with Crippen molar-refractivity contribution in [3.05, 3.63) is 94.0 Å². The number of carbonyl (C=O) groups excluding carboxylic acids is 1. The van der Waals surface area contributed by atoms with Gasteiger partial charge in [0.25, 0.3) is 5.91 Å². The summed E-state index contributed by atoms with van der Waals surface area (Å²) in [5, 5.41) is 12.8. The Morgan fingerprint density at radius 3 is 2.40 bits per heavy atom. The fourth-order valence-corrected chi connectivity index (χ4v) is 3.52. The SMILES string of the molecule is CCC(C)c1ccc(OCCOc2ccc(Cl)cc2/C=C(\C#N)C(=O)Nc2ccc(C)cc2)cc1. The van der Waals surface area contributed by atoms with E-state index in [2.05, 4.69) is 31.3 Å². The second kappa shape index (κ2) is 12.6. The molecule has 5 nitrogen and oxygen atoms in total. The molecule has 180 valence electrons. The minimum absolute atomic E-state index is 0.0599. The number of nitrogens with zero attached hydrogens (tertiary/aromatic N) is 1. The number of amides is 1. The lowest BCUT2D eigenvalue weighted by Crippen LogP contribution is -2.13. The maximum atomic E-state index is 12.6. The van der Waals surface area contributed by atoms with Crippen molar-refractivity contribution in [2.45, 2.75) is 33.1 Å². The molecule has 3 rings (SSSR count). The Bertz CT molecular complexity index is 1210. The lowest BCUT2D eigenvalue weighted by atomic mass is 9.99. The molecule has 0 aromatic heterocycles. The Balaban J connectivity index is 1.64. The molecule has 0 radical (unpaired) electrons. The highest BCUT2D eigenvalue weighted by atomic mass is 35.5. The Labute approximate surface area is 212 Å². The van der Waals surface area contributed by atoms with Gasteiger partial charge < -0.3 is 14.8 Å². The van der Waals surface area contributed by atoms with E-state index in [4.69, 9.17) is 21.1 Å². The normalized spacial score (nSPS) is 11.9. The minimum Gasteiger partial charge on any atom is -0.490 e. The maximum absolute atomic E-state index is 12.6. The van der Waals surface area contributed by atoms with Gasteiger partial charge in [-0.05, 0) is 73.4 Å². The largest absolute Gasteiger partial charge is 0.490 e. The third-order valence-electron chi connectivity index (χ3n) is 5.62. The van der Waals surface area contributed by atoms with Crippen LogP contribution in [0.3, 0.4) is 0 Å². The third-order valence-corrected chi connectivity index (χ3v) is 5.85. The molecule has 3 aromatic rings. The quantitative estimate of drug-likeness (QED) is 0.186. The van der Waals surface area contributed by atoms with Crippen LogP contribution in [0.25, 0.3) is 6.08 Å². The van der Waals surface area contributed by atoms with Crippen LogP contribution >= 0.6 is 11.6 Å². The summed E-state index contributed by atoms with van der Waals surface area (Å²) in [5.74, 6) is 1.28. The number of halogens is 1. The molecule has 1 N–H and O–H groups in total. The average Bonchev–Trinajstić information content (AvgIpc) is 2.87. The van der Waals surface area contributed by atoms with Gasteiger partial charge in [-0.1, -0.05) is 55.3 Å². The smallest absolute Gasteiger partial charge is 0.266 e. The van der Waals surface area contributed by atoms with E-state index in [0.717, 1.165) is 17.7 Å². The molecule has 1 amide bonds. The Kier molecular flexibility index (Phi) is 9.34. The number of anilines is 1. The first-order valence-corrected chi connectivity index (χ1v) is 11.9. The third kappa shape index (κ3) is 7.63. The Hall–Kier alpha value is -3.75. The number of benzene rings is 3. The summed E-state index contributed by atoms with van der Waals surface area (Å²) in [5.41, 5.74) is 3.44. The van der Waals surface area contributed by atoms with Crippen molar-refractivity contribution in [1.82, 2.24) is 0 Å². The van der Waals surface area contributed by atoms with E-state index in [1.54, 1.807) is 30.3 Å². The van der Waals surface area contributed by atoms with E-state index in [9.17, 15) is 10.1 Å². The topological polar surface area (TPSA) is 71.3 Å². The second-order valence-corrected chi connectivity index (χ2v) is 8.68. The van der Waals surface area contributed by atoms with Gasteiger partial charge in [0.1, 0.15) is 36.4 Å². The van der Waals surface area contributed by atoms with Crippen molar-refractivity contribution in [2.75, 3.05) is 18.5 Å². The summed E-state index contributed by atoms with van der Waals surface area (Å²) in [4.78, 5) is 12.6. The molecule has 1 atom stereocenters. The number of hydrogen-bond donors (Lipinski definition) is 1. The second-order valence-electron chi connectivity index (χ2n) is 8.25. The van der Waals surface area contributed by atoms with E-state index in [1.807, 2.05) is 37.3 Å². The summed E-state index contributed by atoms with van der Waals surface area (Å²) in [7, 11) is 0. The van der Waals surface area contributed by atoms with Crippen molar-refractivity contribution < 1.29 is 14.3 Å². The van der Waals surface area contributed by atoms with E-state index >= 15 is 0 Å². The van der Waals surface area contributed by atoms with Crippen molar-refractivity contribution in [1.29, 1.82) is 5.26 Å². The lowest BCUT2D eigenvalue weighted by Gasteiger charge is -2.13. The monoisotopic (exact) mass is 488 g/mol.